The summed E-state index contributed by atoms with van der Waals surface area (Å²) in [7, 11) is 1.57. The number of pyridine rings is 1. The fourth-order valence-corrected chi connectivity index (χ4v) is 1.89. The standard InChI is InChI=1S/C16H18N2O2/c1-11(2)12-6-7-14(15(9-12)20-3)16(19)18-13-5-4-8-17-10-13/h4-11H,1-3H3,(H,18,19). The summed E-state index contributed by atoms with van der Waals surface area (Å²) in [4.78, 5) is 16.2. The molecule has 1 aromatic heterocycles. The minimum Gasteiger partial charge on any atom is -0.496 e. The predicted octanol–water partition coefficient (Wildman–Crippen LogP) is 3.47. The zero-order chi connectivity index (χ0) is 14.5. The molecule has 0 spiro atoms. The molecule has 0 aliphatic heterocycles. The minimum absolute atomic E-state index is 0.204. The molecule has 1 aromatic carbocycles. The molecule has 0 aliphatic carbocycles. The van der Waals surface area contributed by atoms with E-state index in [-0.39, 0.29) is 5.91 Å². The van der Waals surface area contributed by atoms with Crippen LogP contribution in [0.4, 0.5) is 5.69 Å². The van der Waals surface area contributed by atoms with Crippen molar-refractivity contribution in [3.63, 3.8) is 0 Å². The molecule has 4 heteroatoms. The molecule has 0 saturated carbocycles. The van der Waals surface area contributed by atoms with E-state index < -0.39 is 0 Å². The van der Waals surface area contributed by atoms with Crippen molar-refractivity contribution in [3.05, 3.63) is 53.9 Å². The zero-order valence-electron chi connectivity index (χ0n) is 11.9. The van der Waals surface area contributed by atoms with Gasteiger partial charge >= 0.3 is 0 Å². The summed E-state index contributed by atoms with van der Waals surface area (Å²) in [6.45, 7) is 4.20. The van der Waals surface area contributed by atoms with E-state index in [2.05, 4.69) is 24.1 Å². The maximum absolute atomic E-state index is 12.3. The van der Waals surface area contributed by atoms with Crippen LogP contribution in [0.2, 0.25) is 0 Å². The molecule has 0 bridgehead atoms. The Bertz CT molecular complexity index is 595. The molecule has 0 aliphatic rings. The lowest BCUT2D eigenvalue weighted by molar-refractivity contribution is 0.102. The summed E-state index contributed by atoms with van der Waals surface area (Å²) < 4.78 is 5.32. The molecule has 2 aromatic rings. The first-order valence-corrected chi connectivity index (χ1v) is 6.51. The van der Waals surface area contributed by atoms with Gasteiger partial charge in [0, 0.05) is 6.20 Å². The number of methoxy groups -OCH3 is 1. The van der Waals surface area contributed by atoms with Crippen LogP contribution in [0.1, 0.15) is 35.7 Å². The smallest absolute Gasteiger partial charge is 0.259 e. The first-order chi connectivity index (χ1) is 9.61. The average Bonchev–Trinajstić information content (AvgIpc) is 2.47. The van der Waals surface area contributed by atoms with Gasteiger partial charge in [0.05, 0.1) is 24.6 Å². The van der Waals surface area contributed by atoms with Gasteiger partial charge in [0.25, 0.3) is 5.91 Å². The molecule has 104 valence electrons. The summed E-state index contributed by atoms with van der Waals surface area (Å²) >= 11 is 0. The van der Waals surface area contributed by atoms with Crippen molar-refractivity contribution in [3.8, 4) is 5.75 Å². The number of hydrogen-bond donors (Lipinski definition) is 1. The van der Waals surface area contributed by atoms with E-state index in [1.54, 1.807) is 37.7 Å². The summed E-state index contributed by atoms with van der Waals surface area (Å²) in [5.41, 5.74) is 2.31. The molecule has 1 heterocycles. The quantitative estimate of drug-likeness (QED) is 0.925. The maximum Gasteiger partial charge on any atom is 0.259 e. The SMILES string of the molecule is COc1cc(C(C)C)ccc1C(=O)Nc1cccnc1. The van der Waals surface area contributed by atoms with Gasteiger partial charge in [-0.05, 0) is 35.7 Å². The van der Waals surface area contributed by atoms with E-state index in [0.717, 1.165) is 5.56 Å². The molecule has 0 unspecified atom stereocenters. The molecular formula is C16H18N2O2. The van der Waals surface area contributed by atoms with E-state index >= 15 is 0 Å². The van der Waals surface area contributed by atoms with Crippen LogP contribution >= 0.6 is 0 Å². The summed E-state index contributed by atoms with van der Waals surface area (Å²) in [5.74, 6) is 0.766. The number of hydrogen-bond acceptors (Lipinski definition) is 3. The third-order valence-electron chi connectivity index (χ3n) is 3.06. The first-order valence-electron chi connectivity index (χ1n) is 6.51. The Labute approximate surface area is 118 Å². The van der Waals surface area contributed by atoms with Crippen LogP contribution in [0, 0.1) is 0 Å². The minimum atomic E-state index is -0.204. The van der Waals surface area contributed by atoms with Crippen LogP contribution in [0.5, 0.6) is 5.75 Å². The van der Waals surface area contributed by atoms with Crippen molar-refractivity contribution in [2.75, 3.05) is 12.4 Å². The van der Waals surface area contributed by atoms with Crippen molar-refractivity contribution >= 4 is 11.6 Å². The van der Waals surface area contributed by atoms with E-state index in [1.807, 2.05) is 12.1 Å². The van der Waals surface area contributed by atoms with Crippen LogP contribution in [-0.2, 0) is 0 Å². The highest BCUT2D eigenvalue weighted by Crippen LogP contribution is 2.25. The Hall–Kier alpha value is -2.36. The number of ether oxygens (including phenoxy) is 1. The lowest BCUT2D eigenvalue weighted by Crippen LogP contribution is -2.13. The van der Waals surface area contributed by atoms with Crippen LogP contribution in [-0.4, -0.2) is 18.0 Å². The van der Waals surface area contributed by atoms with Crippen molar-refractivity contribution in [2.24, 2.45) is 0 Å². The summed E-state index contributed by atoms with van der Waals surface area (Å²) in [6.07, 6.45) is 3.26. The van der Waals surface area contributed by atoms with Gasteiger partial charge in [0.1, 0.15) is 5.75 Å². The van der Waals surface area contributed by atoms with Gasteiger partial charge in [-0.25, -0.2) is 0 Å². The number of nitrogens with zero attached hydrogens (tertiary/aromatic N) is 1. The van der Waals surface area contributed by atoms with Gasteiger partial charge in [-0.3, -0.25) is 9.78 Å². The van der Waals surface area contributed by atoms with Gasteiger partial charge in [-0.1, -0.05) is 19.9 Å². The third-order valence-corrected chi connectivity index (χ3v) is 3.06. The van der Waals surface area contributed by atoms with Gasteiger partial charge in [0.15, 0.2) is 0 Å². The Morgan fingerprint density at radius 3 is 2.70 bits per heavy atom. The van der Waals surface area contributed by atoms with Gasteiger partial charge in [-0.2, -0.15) is 0 Å². The topological polar surface area (TPSA) is 51.2 Å². The predicted molar refractivity (Wildman–Crippen MR) is 79.3 cm³/mol. The van der Waals surface area contributed by atoms with Gasteiger partial charge in [0.2, 0.25) is 0 Å². The highest BCUT2D eigenvalue weighted by Gasteiger charge is 2.14. The van der Waals surface area contributed by atoms with E-state index in [9.17, 15) is 4.79 Å². The molecule has 0 fully saturated rings. The number of amides is 1. The molecule has 4 nitrogen and oxygen atoms in total. The number of carbonyl (C=O) groups is 1. The molecule has 2 rings (SSSR count). The lowest BCUT2D eigenvalue weighted by Gasteiger charge is -2.12. The van der Waals surface area contributed by atoms with Crippen LogP contribution < -0.4 is 10.1 Å². The monoisotopic (exact) mass is 270 g/mol. The number of nitrogens with one attached hydrogen (secondary N) is 1. The Balaban J connectivity index is 2.25. The normalized spacial score (nSPS) is 10.4. The molecule has 0 atom stereocenters. The molecule has 1 amide bonds. The lowest BCUT2D eigenvalue weighted by atomic mass is 10.0. The molecule has 0 radical (unpaired) electrons. The Morgan fingerprint density at radius 1 is 1.30 bits per heavy atom. The molecule has 20 heavy (non-hydrogen) atoms. The van der Waals surface area contributed by atoms with E-state index in [0.29, 0.717) is 22.9 Å². The molecular weight excluding hydrogens is 252 g/mol. The Kier molecular flexibility index (Phi) is 4.35. The number of carbonyl (C=O) groups excluding carboxylic acids is 1. The number of aromatic nitrogens is 1. The summed E-state index contributed by atoms with van der Waals surface area (Å²) in [5, 5.41) is 2.80. The second-order valence-electron chi connectivity index (χ2n) is 4.81. The first kappa shape index (κ1) is 14.1. The van der Waals surface area contributed by atoms with Crippen LogP contribution in [0.3, 0.4) is 0 Å². The summed E-state index contributed by atoms with van der Waals surface area (Å²) in [6, 6.07) is 9.21. The second kappa shape index (κ2) is 6.19. The highest BCUT2D eigenvalue weighted by molar-refractivity contribution is 6.06. The Morgan fingerprint density at radius 2 is 2.10 bits per heavy atom. The number of anilines is 1. The van der Waals surface area contributed by atoms with Crippen LogP contribution in [0.25, 0.3) is 0 Å². The van der Waals surface area contributed by atoms with E-state index in [4.69, 9.17) is 4.74 Å². The third kappa shape index (κ3) is 3.15. The fourth-order valence-electron chi connectivity index (χ4n) is 1.89. The van der Waals surface area contributed by atoms with Crippen molar-refractivity contribution in [2.45, 2.75) is 19.8 Å². The maximum atomic E-state index is 12.3. The molecule has 0 saturated heterocycles. The van der Waals surface area contributed by atoms with E-state index in [1.165, 1.54) is 0 Å². The van der Waals surface area contributed by atoms with Gasteiger partial charge < -0.3 is 10.1 Å². The second-order valence-corrected chi connectivity index (χ2v) is 4.81. The highest BCUT2D eigenvalue weighted by atomic mass is 16.5. The fraction of sp³-hybridized carbons (Fsp3) is 0.250. The van der Waals surface area contributed by atoms with Crippen molar-refractivity contribution < 1.29 is 9.53 Å². The largest absolute Gasteiger partial charge is 0.496 e. The van der Waals surface area contributed by atoms with Crippen molar-refractivity contribution in [1.82, 2.24) is 4.98 Å². The number of benzene rings is 1. The molecule has 1 N–H and O–H groups in total. The number of rotatable bonds is 4. The van der Waals surface area contributed by atoms with Crippen LogP contribution in [0.15, 0.2) is 42.7 Å². The van der Waals surface area contributed by atoms with Crippen molar-refractivity contribution in [1.29, 1.82) is 0 Å². The zero-order valence-corrected chi connectivity index (χ0v) is 11.9. The average molecular weight is 270 g/mol. The van der Waals surface area contributed by atoms with Gasteiger partial charge in [-0.15, -0.1) is 0 Å².